The van der Waals surface area contributed by atoms with Gasteiger partial charge in [-0.2, -0.15) is 0 Å². The Morgan fingerprint density at radius 3 is 2.79 bits per heavy atom. The molecule has 0 saturated heterocycles. The summed E-state index contributed by atoms with van der Waals surface area (Å²) in [7, 11) is 0. The van der Waals surface area contributed by atoms with Gasteiger partial charge in [0.1, 0.15) is 11.6 Å². The van der Waals surface area contributed by atoms with Crippen LogP contribution in [0.25, 0.3) is 11.0 Å². The number of hydrogen-bond acceptors (Lipinski definition) is 5. The predicted molar refractivity (Wildman–Crippen MR) is 111 cm³/mol. The molecule has 2 aromatic carbocycles. The monoisotopic (exact) mass is 415 g/mol. The van der Waals surface area contributed by atoms with E-state index in [1.54, 1.807) is 12.1 Å². The average Bonchev–Trinajstić information content (AvgIpc) is 3.09. The van der Waals surface area contributed by atoms with E-state index in [9.17, 15) is 14.0 Å². The van der Waals surface area contributed by atoms with Crippen molar-refractivity contribution >= 4 is 34.5 Å². The molecule has 0 atom stereocenters. The maximum Gasteiger partial charge on any atom is 0.216 e. The molecule has 1 amide bonds. The molecule has 2 N–H and O–H groups in total. The third kappa shape index (κ3) is 5.57. The van der Waals surface area contributed by atoms with Crippen molar-refractivity contribution in [2.24, 2.45) is 0 Å². The molecule has 1 heterocycles. The van der Waals surface area contributed by atoms with Gasteiger partial charge in [-0.15, -0.1) is 0 Å². The molecule has 0 aliphatic heterocycles. The molecule has 0 aliphatic rings. The van der Waals surface area contributed by atoms with E-state index in [-0.39, 0.29) is 17.4 Å². The summed E-state index contributed by atoms with van der Waals surface area (Å²) in [5, 5.41) is 3.24. The number of Topliss-reactive ketones (excluding diaryl/α,β-unsaturated/α-hetero) is 1. The highest BCUT2D eigenvalue weighted by atomic mass is 32.2. The van der Waals surface area contributed by atoms with Gasteiger partial charge in [0.2, 0.25) is 5.91 Å². The normalized spacial score (nSPS) is 10.9. The van der Waals surface area contributed by atoms with Crippen LogP contribution in [0.3, 0.4) is 0 Å². The number of H-pyrrole nitrogens is 1. The summed E-state index contributed by atoms with van der Waals surface area (Å²) >= 11 is 1.27. The third-order valence-corrected chi connectivity index (χ3v) is 5.10. The lowest BCUT2D eigenvalue weighted by Crippen LogP contribution is -2.22. The van der Waals surface area contributed by atoms with Crippen LogP contribution in [0, 0.1) is 5.82 Å². The number of aromatic nitrogens is 2. The number of benzene rings is 2. The fraction of sp³-hybridized carbons (Fsp3) is 0.286. The van der Waals surface area contributed by atoms with E-state index in [0.717, 1.165) is 16.8 Å². The first-order valence-electron chi connectivity index (χ1n) is 9.27. The van der Waals surface area contributed by atoms with Gasteiger partial charge in [-0.3, -0.25) is 9.59 Å². The highest BCUT2D eigenvalue weighted by molar-refractivity contribution is 7.99. The minimum Gasteiger partial charge on any atom is -0.494 e. The number of carbonyl (C=O) groups excluding carboxylic acids is 2. The molecule has 0 aliphatic carbocycles. The van der Waals surface area contributed by atoms with Crippen LogP contribution in [-0.2, 0) is 11.2 Å². The van der Waals surface area contributed by atoms with Crippen LogP contribution < -0.4 is 10.1 Å². The smallest absolute Gasteiger partial charge is 0.216 e. The first-order valence-corrected chi connectivity index (χ1v) is 10.3. The van der Waals surface area contributed by atoms with Crippen molar-refractivity contribution in [3.8, 4) is 5.75 Å². The van der Waals surface area contributed by atoms with Crippen molar-refractivity contribution in [3.63, 3.8) is 0 Å². The molecular weight excluding hydrogens is 393 g/mol. The topological polar surface area (TPSA) is 84.1 Å². The molecule has 3 aromatic rings. The zero-order valence-electron chi connectivity index (χ0n) is 16.3. The molecule has 3 rings (SSSR count). The summed E-state index contributed by atoms with van der Waals surface area (Å²) in [4.78, 5) is 30.9. The summed E-state index contributed by atoms with van der Waals surface area (Å²) in [6, 6.07) is 10.0. The fourth-order valence-corrected chi connectivity index (χ4v) is 3.58. The Kier molecular flexibility index (Phi) is 6.87. The average molecular weight is 415 g/mol. The Morgan fingerprint density at radius 1 is 1.24 bits per heavy atom. The standard InChI is InChI=1S/C21H22FN3O3S/c1-3-28-16-6-7-18-19(11-16)25-21(24-18)29-12-20(27)15-5-4-14(17(22)10-15)8-9-23-13(2)26/h4-7,10-11H,3,8-9,12H2,1-2H3,(H,23,26)(H,24,25). The van der Waals surface area contributed by atoms with Crippen LogP contribution >= 0.6 is 11.8 Å². The van der Waals surface area contributed by atoms with Crippen molar-refractivity contribution < 1.29 is 18.7 Å². The van der Waals surface area contributed by atoms with Crippen molar-refractivity contribution in [3.05, 3.63) is 53.3 Å². The molecule has 29 heavy (non-hydrogen) atoms. The second-order valence-electron chi connectivity index (χ2n) is 6.40. The highest BCUT2D eigenvalue weighted by Crippen LogP contribution is 2.24. The quantitative estimate of drug-likeness (QED) is 0.411. The number of fused-ring (bicyclic) bond motifs is 1. The Labute approximate surface area is 172 Å². The predicted octanol–water partition coefficient (Wildman–Crippen LogP) is 3.75. The number of ketones is 1. The van der Waals surface area contributed by atoms with Gasteiger partial charge < -0.3 is 15.0 Å². The van der Waals surface area contributed by atoms with Crippen molar-refractivity contribution in [1.82, 2.24) is 15.3 Å². The van der Waals surface area contributed by atoms with Crippen LogP contribution in [0.15, 0.2) is 41.6 Å². The number of rotatable bonds is 9. The Bertz CT molecular complexity index is 1040. The van der Waals surface area contributed by atoms with Gasteiger partial charge in [-0.25, -0.2) is 9.37 Å². The Hall–Kier alpha value is -2.87. The summed E-state index contributed by atoms with van der Waals surface area (Å²) in [6.07, 6.45) is 0.372. The number of nitrogens with zero attached hydrogens (tertiary/aromatic N) is 1. The van der Waals surface area contributed by atoms with E-state index in [1.165, 1.54) is 24.8 Å². The lowest BCUT2D eigenvalue weighted by Gasteiger charge is -2.06. The van der Waals surface area contributed by atoms with E-state index < -0.39 is 5.82 Å². The van der Waals surface area contributed by atoms with Gasteiger partial charge in [0, 0.05) is 25.1 Å². The Balaban J connectivity index is 1.60. The molecular formula is C21H22FN3O3S. The van der Waals surface area contributed by atoms with Crippen LogP contribution in [-0.4, -0.2) is 40.6 Å². The third-order valence-electron chi connectivity index (χ3n) is 4.23. The molecule has 0 unspecified atom stereocenters. The number of aromatic amines is 1. The van der Waals surface area contributed by atoms with Crippen molar-refractivity contribution in [1.29, 1.82) is 0 Å². The summed E-state index contributed by atoms with van der Waals surface area (Å²) in [5.41, 5.74) is 2.40. The molecule has 0 radical (unpaired) electrons. The van der Waals surface area contributed by atoms with Crippen molar-refractivity contribution in [2.75, 3.05) is 18.9 Å². The second kappa shape index (κ2) is 9.56. The van der Waals surface area contributed by atoms with E-state index in [0.29, 0.717) is 35.9 Å². The van der Waals surface area contributed by atoms with Gasteiger partial charge in [0.25, 0.3) is 0 Å². The summed E-state index contributed by atoms with van der Waals surface area (Å²) in [6.45, 7) is 4.27. The molecule has 0 saturated carbocycles. The first-order chi connectivity index (χ1) is 14.0. The maximum atomic E-state index is 14.2. The zero-order chi connectivity index (χ0) is 20.8. The van der Waals surface area contributed by atoms with E-state index in [2.05, 4.69) is 15.3 Å². The van der Waals surface area contributed by atoms with Gasteiger partial charge in [0.15, 0.2) is 10.9 Å². The molecule has 0 fully saturated rings. The van der Waals surface area contributed by atoms with Gasteiger partial charge in [-0.05, 0) is 37.1 Å². The first kappa shape index (κ1) is 20.9. The number of ether oxygens (including phenoxy) is 1. The number of carbonyl (C=O) groups is 2. The molecule has 152 valence electrons. The van der Waals surface area contributed by atoms with Gasteiger partial charge in [-0.1, -0.05) is 23.9 Å². The number of hydrogen-bond donors (Lipinski definition) is 2. The number of imidazole rings is 1. The van der Waals surface area contributed by atoms with Crippen LogP contribution in [0.1, 0.15) is 29.8 Å². The molecule has 0 bridgehead atoms. The van der Waals surface area contributed by atoms with Crippen molar-refractivity contribution in [2.45, 2.75) is 25.4 Å². The summed E-state index contributed by atoms with van der Waals surface area (Å²) in [5.74, 6) is 0.110. The number of halogens is 1. The number of amides is 1. The zero-order valence-corrected chi connectivity index (χ0v) is 17.1. The molecule has 6 nitrogen and oxygen atoms in total. The second-order valence-corrected chi connectivity index (χ2v) is 7.37. The lowest BCUT2D eigenvalue weighted by molar-refractivity contribution is -0.118. The molecule has 1 aromatic heterocycles. The summed E-state index contributed by atoms with van der Waals surface area (Å²) < 4.78 is 19.7. The minimum absolute atomic E-state index is 0.142. The molecule has 0 spiro atoms. The SMILES string of the molecule is CCOc1ccc2nc(SCC(=O)c3ccc(CCNC(C)=O)c(F)c3)[nH]c2c1. The van der Waals surface area contributed by atoms with E-state index in [1.807, 2.05) is 25.1 Å². The van der Waals surface area contributed by atoms with Gasteiger partial charge in [0.05, 0.1) is 23.4 Å². The number of nitrogens with one attached hydrogen (secondary N) is 2. The van der Waals surface area contributed by atoms with Crippen LogP contribution in [0.5, 0.6) is 5.75 Å². The van der Waals surface area contributed by atoms with Crippen LogP contribution in [0.4, 0.5) is 4.39 Å². The van der Waals surface area contributed by atoms with Gasteiger partial charge >= 0.3 is 0 Å². The van der Waals surface area contributed by atoms with E-state index in [4.69, 9.17) is 4.74 Å². The maximum absolute atomic E-state index is 14.2. The number of thioether (sulfide) groups is 1. The largest absolute Gasteiger partial charge is 0.494 e. The van der Waals surface area contributed by atoms with Crippen LogP contribution in [0.2, 0.25) is 0 Å². The highest BCUT2D eigenvalue weighted by Gasteiger charge is 2.12. The Morgan fingerprint density at radius 2 is 2.07 bits per heavy atom. The lowest BCUT2D eigenvalue weighted by atomic mass is 10.1. The van der Waals surface area contributed by atoms with E-state index >= 15 is 0 Å². The molecule has 8 heteroatoms. The minimum atomic E-state index is -0.446. The fourth-order valence-electron chi connectivity index (χ4n) is 2.80.